The number of rotatable bonds is 5. The van der Waals surface area contributed by atoms with Crippen LogP contribution in [-0.2, 0) is 10.0 Å². The van der Waals surface area contributed by atoms with Gasteiger partial charge in [0.15, 0.2) is 0 Å². The standard InChI is InChI=1S/C9H15ClN4O2S/c1-6(12-2)4-14-17(15,16)8-3-7(10)5-13-9(8)11/h3,5-6,12,14H,4H2,1-2H3,(H2,11,13). The van der Waals surface area contributed by atoms with Crippen LogP contribution in [0.1, 0.15) is 6.92 Å². The van der Waals surface area contributed by atoms with Crippen LogP contribution in [0.3, 0.4) is 0 Å². The molecular weight excluding hydrogens is 264 g/mol. The molecule has 0 aliphatic carbocycles. The number of anilines is 1. The molecule has 1 heterocycles. The van der Waals surface area contributed by atoms with Gasteiger partial charge in [0.25, 0.3) is 0 Å². The van der Waals surface area contributed by atoms with Crippen LogP contribution in [0.15, 0.2) is 17.2 Å². The third-order valence-electron chi connectivity index (χ3n) is 2.21. The Labute approximate surface area is 106 Å². The smallest absolute Gasteiger partial charge is 0.244 e. The highest BCUT2D eigenvalue weighted by Crippen LogP contribution is 2.19. The van der Waals surface area contributed by atoms with Gasteiger partial charge in [-0.1, -0.05) is 11.6 Å². The SMILES string of the molecule is CNC(C)CNS(=O)(=O)c1cc(Cl)cnc1N. The Morgan fingerprint density at radius 3 is 2.82 bits per heavy atom. The zero-order chi connectivity index (χ0) is 13.1. The number of sulfonamides is 1. The third-order valence-corrected chi connectivity index (χ3v) is 3.87. The predicted molar refractivity (Wildman–Crippen MR) is 67.4 cm³/mol. The number of nitrogens with zero attached hydrogens (tertiary/aromatic N) is 1. The highest BCUT2D eigenvalue weighted by atomic mass is 35.5. The number of nitrogen functional groups attached to an aromatic ring is 1. The van der Waals surface area contributed by atoms with Crippen LogP contribution in [0.25, 0.3) is 0 Å². The highest BCUT2D eigenvalue weighted by molar-refractivity contribution is 7.89. The molecule has 0 saturated carbocycles. The van der Waals surface area contributed by atoms with E-state index < -0.39 is 10.0 Å². The maximum absolute atomic E-state index is 11.9. The van der Waals surface area contributed by atoms with Crippen molar-refractivity contribution in [2.24, 2.45) is 0 Å². The summed E-state index contributed by atoms with van der Waals surface area (Å²) < 4.78 is 26.2. The molecule has 17 heavy (non-hydrogen) atoms. The van der Waals surface area contributed by atoms with Crippen LogP contribution >= 0.6 is 11.6 Å². The van der Waals surface area contributed by atoms with Crippen molar-refractivity contribution in [1.82, 2.24) is 15.0 Å². The number of nitrogens with two attached hydrogens (primary N) is 1. The minimum absolute atomic E-state index is 0.0122. The van der Waals surface area contributed by atoms with Gasteiger partial charge in [-0.3, -0.25) is 0 Å². The first-order chi connectivity index (χ1) is 7.86. The van der Waals surface area contributed by atoms with E-state index in [-0.39, 0.29) is 28.3 Å². The number of hydrogen-bond acceptors (Lipinski definition) is 5. The second kappa shape index (κ2) is 5.63. The molecule has 0 amide bonds. The lowest BCUT2D eigenvalue weighted by atomic mass is 10.4. The molecular formula is C9H15ClN4O2S. The van der Waals surface area contributed by atoms with E-state index in [2.05, 4.69) is 15.0 Å². The van der Waals surface area contributed by atoms with E-state index in [1.165, 1.54) is 12.3 Å². The van der Waals surface area contributed by atoms with Crippen LogP contribution in [-0.4, -0.2) is 33.0 Å². The Hall–Kier alpha value is -0.890. The van der Waals surface area contributed by atoms with Crippen molar-refractivity contribution < 1.29 is 8.42 Å². The average molecular weight is 279 g/mol. The molecule has 1 rings (SSSR count). The van der Waals surface area contributed by atoms with Crippen molar-refractivity contribution in [2.45, 2.75) is 17.9 Å². The highest BCUT2D eigenvalue weighted by Gasteiger charge is 2.19. The molecule has 0 spiro atoms. The van der Waals surface area contributed by atoms with Gasteiger partial charge in [0, 0.05) is 18.8 Å². The fraction of sp³-hybridized carbons (Fsp3) is 0.444. The van der Waals surface area contributed by atoms with Crippen molar-refractivity contribution in [2.75, 3.05) is 19.3 Å². The van der Waals surface area contributed by atoms with Crippen molar-refractivity contribution >= 4 is 27.4 Å². The van der Waals surface area contributed by atoms with E-state index in [0.29, 0.717) is 0 Å². The summed E-state index contributed by atoms with van der Waals surface area (Å²) in [4.78, 5) is 3.60. The molecule has 0 aliphatic heterocycles. The molecule has 0 bridgehead atoms. The summed E-state index contributed by atoms with van der Waals surface area (Å²) in [6.07, 6.45) is 1.30. The first kappa shape index (κ1) is 14.2. The topological polar surface area (TPSA) is 97.1 Å². The van der Waals surface area contributed by atoms with E-state index in [4.69, 9.17) is 17.3 Å². The Balaban J connectivity index is 2.93. The van der Waals surface area contributed by atoms with Crippen molar-refractivity contribution in [1.29, 1.82) is 0 Å². The van der Waals surface area contributed by atoms with Crippen LogP contribution in [0.2, 0.25) is 5.02 Å². The lowest BCUT2D eigenvalue weighted by molar-refractivity contribution is 0.554. The maximum Gasteiger partial charge on any atom is 0.244 e. The monoisotopic (exact) mass is 278 g/mol. The van der Waals surface area contributed by atoms with Gasteiger partial charge >= 0.3 is 0 Å². The molecule has 0 saturated heterocycles. The number of nitrogens with one attached hydrogen (secondary N) is 2. The Morgan fingerprint density at radius 2 is 2.24 bits per heavy atom. The summed E-state index contributed by atoms with van der Waals surface area (Å²) in [6, 6.07) is 1.29. The van der Waals surface area contributed by atoms with Crippen molar-refractivity contribution in [3.8, 4) is 0 Å². The summed E-state index contributed by atoms with van der Waals surface area (Å²) in [5.41, 5.74) is 5.51. The number of halogens is 1. The molecule has 0 aromatic carbocycles. The molecule has 1 unspecified atom stereocenters. The number of pyridine rings is 1. The molecule has 1 aromatic rings. The summed E-state index contributed by atoms with van der Waals surface area (Å²) in [5.74, 6) is -0.0704. The summed E-state index contributed by atoms with van der Waals surface area (Å²) >= 11 is 5.69. The fourth-order valence-electron chi connectivity index (χ4n) is 1.06. The lowest BCUT2D eigenvalue weighted by Gasteiger charge is -2.12. The maximum atomic E-state index is 11.9. The molecule has 0 aliphatic rings. The van der Waals surface area contributed by atoms with Gasteiger partial charge < -0.3 is 11.1 Å². The second-order valence-corrected chi connectivity index (χ2v) is 5.75. The summed E-state index contributed by atoms with van der Waals surface area (Å²) in [7, 11) is -1.94. The molecule has 1 aromatic heterocycles. The van der Waals surface area contributed by atoms with Gasteiger partial charge in [0.1, 0.15) is 10.7 Å². The molecule has 1 atom stereocenters. The van der Waals surface area contributed by atoms with E-state index in [1.54, 1.807) is 7.05 Å². The Morgan fingerprint density at radius 1 is 1.59 bits per heavy atom. The second-order valence-electron chi connectivity index (χ2n) is 3.58. The Kier molecular flexibility index (Phi) is 4.70. The van der Waals surface area contributed by atoms with Crippen LogP contribution < -0.4 is 15.8 Å². The molecule has 6 nitrogen and oxygen atoms in total. The third kappa shape index (κ3) is 3.81. The first-order valence-electron chi connectivity index (χ1n) is 4.94. The van der Waals surface area contributed by atoms with Crippen LogP contribution in [0, 0.1) is 0 Å². The minimum Gasteiger partial charge on any atom is -0.383 e. The van der Waals surface area contributed by atoms with Gasteiger partial charge in [-0.05, 0) is 20.0 Å². The average Bonchev–Trinajstić information content (AvgIpc) is 2.29. The quantitative estimate of drug-likeness (QED) is 0.715. The van der Waals surface area contributed by atoms with Gasteiger partial charge in [-0.2, -0.15) is 0 Å². The van der Waals surface area contributed by atoms with E-state index in [0.717, 1.165) is 0 Å². The van der Waals surface area contributed by atoms with Gasteiger partial charge in [0.05, 0.1) is 5.02 Å². The number of likely N-dealkylation sites (N-methyl/N-ethyl adjacent to an activating group) is 1. The summed E-state index contributed by atoms with van der Waals surface area (Å²) in [5, 5.41) is 3.14. The largest absolute Gasteiger partial charge is 0.383 e. The van der Waals surface area contributed by atoms with E-state index in [9.17, 15) is 8.42 Å². The normalized spacial score (nSPS) is 13.6. The van der Waals surface area contributed by atoms with Crippen LogP contribution in [0.5, 0.6) is 0 Å². The molecule has 0 radical (unpaired) electrons. The van der Waals surface area contributed by atoms with E-state index >= 15 is 0 Å². The fourth-order valence-corrected chi connectivity index (χ4v) is 2.52. The van der Waals surface area contributed by atoms with Gasteiger partial charge in [-0.25, -0.2) is 18.1 Å². The molecule has 0 fully saturated rings. The molecule has 8 heteroatoms. The zero-order valence-electron chi connectivity index (χ0n) is 9.57. The van der Waals surface area contributed by atoms with E-state index in [1.807, 2.05) is 6.92 Å². The summed E-state index contributed by atoms with van der Waals surface area (Å²) in [6.45, 7) is 2.10. The lowest BCUT2D eigenvalue weighted by Crippen LogP contribution is -2.37. The minimum atomic E-state index is -3.68. The Bertz CT molecular complexity index is 492. The molecule has 4 N–H and O–H groups in total. The zero-order valence-corrected chi connectivity index (χ0v) is 11.1. The van der Waals surface area contributed by atoms with Crippen molar-refractivity contribution in [3.05, 3.63) is 17.3 Å². The predicted octanol–water partition coefficient (Wildman–Crippen LogP) is 0.203. The van der Waals surface area contributed by atoms with Crippen LogP contribution in [0.4, 0.5) is 5.82 Å². The first-order valence-corrected chi connectivity index (χ1v) is 6.81. The van der Waals surface area contributed by atoms with Gasteiger partial charge in [0.2, 0.25) is 10.0 Å². The van der Waals surface area contributed by atoms with Crippen molar-refractivity contribution in [3.63, 3.8) is 0 Å². The van der Waals surface area contributed by atoms with Gasteiger partial charge in [-0.15, -0.1) is 0 Å². The number of hydrogen-bond donors (Lipinski definition) is 3. The molecule has 96 valence electrons. The number of aromatic nitrogens is 1.